The maximum atomic E-state index is 14.7. The van der Waals surface area contributed by atoms with E-state index in [0.717, 1.165) is 9.80 Å². The van der Waals surface area contributed by atoms with E-state index >= 15 is 0 Å². The van der Waals surface area contributed by atoms with Crippen LogP contribution in [0.25, 0.3) is 0 Å². The molecule has 0 radical (unpaired) electrons. The normalized spacial score (nSPS) is 18.5. The topological polar surface area (TPSA) is 110 Å². The zero-order chi connectivity index (χ0) is 30.4. The third kappa shape index (κ3) is 4.73. The number of halogens is 1. The van der Waals surface area contributed by atoms with Crippen LogP contribution in [0.3, 0.4) is 0 Å². The van der Waals surface area contributed by atoms with Crippen LogP contribution in [0.4, 0.5) is 10.5 Å². The molecule has 0 bridgehead atoms. The fourth-order valence-electron chi connectivity index (χ4n) is 5.57. The molecule has 3 aromatic carbocycles. The van der Waals surface area contributed by atoms with Gasteiger partial charge in [-0.3, -0.25) is 19.3 Å². The Balaban J connectivity index is 1.72. The first-order valence-corrected chi connectivity index (χ1v) is 13.8. The van der Waals surface area contributed by atoms with Gasteiger partial charge >= 0.3 is 12.1 Å². The van der Waals surface area contributed by atoms with Crippen molar-refractivity contribution in [1.29, 1.82) is 0 Å². The summed E-state index contributed by atoms with van der Waals surface area (Å²) in [4.78, 5) is 70.7. The molecule has 0 fully saturated rings. The predicted molar refractivity (Wildman–Crippen MR) is 154 cm³/mol. The van der Waals surface area contributed by atoms with Gasteiger partial charge in [0, 0.05) is 11.4 Å². The molecule has 3 aromatic rings. The van der Waals surface area contributed by atoms with Crippen molar-refractivity contribution in [2.75, 3.05) is 11.5 Å². The maximum Gasteiger partial charge on any atom is 0.421 e. The first-order chi connectivity index (χ1) is 19.9. The van der Waals surface area contributed by atoms with E-state index in [0.29, 0.717) is 11.1 Å². The second-order valence-electron chi connectivity index (χ2n) is 11.1. The number of esters is 1. The third-order valence-electron chi connectivity index (χ3n) is 7.27. The molecule has 4 amide bonds. The minimum absolute atomic E-state index is 0.0268. The standard InChI is InChI=1S/C32H29ClN2O7/c1-5-41-28(38)25(34-26(36)21-13-9-10-14-22(21)27(34)37)18-32(19-11-7-6-8-12-19)23-16-15-20(33)17-24(23)35(29(32)39)30(40)42-31(2,3)4/h6-17,25H,5,18H2,1-4H3/t25-,32+/m0/s1. The lowest BCUT2D eigenvalue weighted by Gasteiger charge is -2.35. The van der Waals surface area contributed by atoms with Crippen molar-refractivity contribution >= 4 is 47.1 Å². The van der Waals surface area contributed by atoms with E-state index in [1.165, 1.54) is 18.2 Å². The van der Waals surface area contributed by atoms with Crippen LogP contribution in [-0.4, -0.2) is 52.9 Å². The minimum Gasteiger partial charge on any atom is -0.464 e. The minimum atomic E-state index is -1.70. The number of hydrogen-bond donors (Lipinski definition) is 0. The van der Waals surface area contributed by atoms with Gasteiger partial charge in [-0.05, 0) is 63.1 Å². The zero-order valence-corrected chi connectivity index (χ0v) is 24.3. The van der Waals surface area contributed by atoms with Gasteiger partial charge in [-0.2, -0.15) is 0 Å². The molecule has 2 aliphatic rings. The average Bonchev–Trinajstić information content (AvgIpc) is 3.34. The van der Waals surface area contributed by atoms with Crippen molar-refractivity contribution in [3.8, 4) is 0 Å². The van der Waals surface area contributed by atoms with Crippen molar-refractivity contribution in [1.82, 2.24) is 4.90 Å². The van der Waals surface area contributed by atoms with Gasteiger partial charge in [0.1, 0.15) is 17.1 Å². The van der Waals surface area contributed by atoms with Gasteiger partial charge in [0.2, 0.25) is 0 Å². The van der Waals surface area contributed by atoms with Crippen LogP contribution in [0.1, 0.15) is 66.0 Å². The van der Waals surface area contributed by atoms with Crippen LogP contribution >= 0.6 is 11.6 Å². The molecule has 2 aliphatic heterocycles. The summed E-state index contributed by atoms with van der Waals surface area (Å²) < 4.78 is 11.0. The van der Waals surface area contributed by atoms with Crippen LogP contribution in [0.2, 0.25) is 5.02 Å². The van der Waals surface area contributed by atoms with E-state index in [2.05, 4.69) is 0 Å². The summed E-state index contributed by atoms with van der Waals surface area (Å²) in [6, 6.07) is 18.0. The van der Waals surface area contributed by atoms with Gasteiger partial charge in [0.15, 0.2) is 0 Å². The molecular formula is C32H29ClN2O7. The lowest BCUT2D eigenvalue weighted by Crippen LogP contribution is -2.53. The number of hydrogen-bond acceptors (Lipinski definition) is 7. The highest BCUT2D eigenvalue weighted by Gasteiger charge is 2.58. The number of ether oxygens (including phenoxy) is 2. The molecule has 2 atom stereocenters. The summed E-state index contributed by atoms with van der Waals surface area (Å²) in [7, 11) is 0. The summed E-state index contributed by atoms with van der Waals surface area (Å²) in [5, 5.41) is 0.265. The predicted octanol–water partition coefficient (Wildman–Crippen LogP) is 5.53. The smallest absolute Gasteiger partial charge is 0.421 e. The van der Waals surface area contributed by atoms with Gasteiger partial charge in [0.05, 0.1) is 23.4 Å². The number of rotatable bonds is 6. The number of anilines is 1. The van der Waals surface area contributed by atoms with Gasteiger partial charge in [-0.1, -0.05) is 60.1 Å². The molecule has 0 N–H and O–H groups in total. The van der Waals surface area contributed by atoms with E-state index in [1.807, 2.05) is 0 Å². The lowest BCUT2D eigenvalue weighted by atomic mass is 9.70. The Morgan fingerprint density at radius 3 is 2.07 bits per heavy atom. The number of nitrogens with zero attached hydrogens (tertiary/aromatic N) is 2. The van der Waals surface area contributed by atoms with E-state index in [4.69, 9.17) is 21.1 Å². The quantitative estimate of drug-likeness (QED) is 0.275. The number of benzene rings is 3. The van der Waals surface area contributed by atoms with E-state index in [-0.39, 0.29) is 28.4 Å². The zero-order valence-electron chi connectivity index (χ0n) is 23.5. The molecule has 0 aromatic heterocycles. The highest BCUT2D eigenvalue weighted by Crippen LogP contribution is 2.51. The van der Waals surface area contributed by atoms with Crippen molar-refractivity contribution in [2.24, 2.45) is 0 Å². The molecular weight excluding hydrogens is 560 g/mol. The average molecular weight is 589 g/mol. The van der Waals surface area contributed by atoms with Crippen LogP contribution in [0, 0.1) is 0 Å². The molecule has 10 heteroatoms. The molecule has 216 valence electrons. The van der Waals surface area contributed by atoms with E-state index in [1.54, 1.807) is 82.3 Å². The van der Waals surface area contributed by atoms with Gasteiger partial charge in [-0.25, -0.2) is 14.5 Å². The Kier molecular flexibility index (Phi) is 7.41. The molecule has 0 saturated heterocycles. The Labute approximate surface area is 248 Å². The monoisotopic (exact) mass is 588 g/mol. The highest BCUT2D eigenvalue weighted by molar-refractivity contribution is 6.32. The Morgan fingerprint density at radius 2 is 1.50 bits per heavy atom. The molecule has 9 nitrogen and oxygen atoms in total. The summed E-state index contributed by atoms with van der Waals surface area (Å²) in [5.74, 6) is -2.93. The molecule has 42 heavy (non-hydrogen) atoms. The first kappa shape index (κ1) is 29.0. The first-order valence-electron chi connectivity index (χ1n) is 13.5. The van der Waals surface area contributed by atoms with Crippen molar-refractivity contribution in [3.05, 3.63) is 100 Å². The lowest BCUT2D eigenvalue weighted by molar-refractivity contribution is -0.148. The number of imide groups is 2. The molecule has 0 saturated carbocycles. The largest absolute Gasteiger partial charge is 0.464 e. The molecule has 0 unspecified atom stereocenters. The Hall–Kier alpha value is -4.50. The number of fused-ring (bicyclic) bond motifs is 2. The van der Waals surface area contributed by atoms with Gasteiger partial charge in [-0.15, -0.1) is 0 Å². The number of carbonyl (C=O) groups is 5. The van der Waals surface area contributed by atoms with Crippen molar-refractivity contribution < 1.29 is 33.4 Å². The number of amides is 4. The Morgan fingerprint density at radius 1 is 0.905 bits per heavy atom. The van der Waals surface area contributed by atoms with Crippen LogP contribution in [0.15, 0.2) is 72.8 Å². The van der Waals surface area contributed by atoms with Gasteiger partial charge in [0.25, 0.3) is 17.7 Å². The van der Waals surface area contributed by atoms with Crippen LogP contribution in [-0.2, 0) is 24.5 Å². The van der Waals surface area contributed by atoms with Crippen LogP contribution < -0.4 is 4.90 Å². The van der Waals surface area contributed by atoms with E-state index in [9.17, 15) is 24.0 Å². The van der Waals surface area contributed by atoms with Crippen LogP contribution in [0.5, 0.6) is 0 Å². The van der Waals surface area contributed by atoms with E-state index < -0.39 is 53.3 Å². The molecule has 0 aliphatic carbocycles. The maximum absolute atomic E-state index is 14.7. The van der Waals surface area contributed by atoms with Crippen molar-refractivity contribution in [2.45, 2.75) is 51.2 Å². The summed E-state index contributed by atoms with van der Waals surface area (Å²) in [6.45, 7) is 6.60. The fraction of sp³-hybridized carbons (Fsp3) is 0.281. The molecule has 0 spiro atoms. The van der Waals surface area contributed by atoms with Crippen molar-refractivity contribution in [3.63, 3.8) is 0 Å². The molecule has 2 heterocycles. The fourth-order valence-corrected chi connectivity index (χ4v) is 5.74. The van der Waals surface area contributed by atoms with Gasteiger partial charge < -0.3 is 9.47 Å². The second-order valence-corrected chi connectivity index (χ2v) is 11.5. The SMILES string of the molecule is CCOC(=O)[C@H](C[C@]1(c2ccccc2)C(=O)N(C(=O)OC(C)(C)C)c2cc(Cl)ccc21)N1C(=O)c2ccccc2C1=O. The second kappa shape index (κ2) is 10.7. The summed E-state index contributed by atoms with van der Waals surface area (Å²) in [6.07, 6.45) is -1.32. The molecule has 5 rings (SSSR count). The Bertz CT molecular complexity index is 1580. The highest BCUT2D eigenvalue weighted by atomic mass is 35.5. The number of carbonyl (C=O) groups excluding carboxylic acids is 5. The summed E-state index contributed by atoms with van der Waals surface area (Å²) >= 11 is 6.34. The third-order valence-corrected chi connectivity index (χ3v) is 7.50. The summed E-state index contributed by atoms with van der Waals surface area (Å²) in [5.41, 5.74) is -1.37.